The van der Waals surface area contributed by atoms with Gasteiger partial charge in [-0.15, -0.1) is 0 Å². The van der Waals surface area contributed by atoms with E-state index in [1.165, 1.54) is 0 Å². The fraction of sp³-hybridized carbons (Fsp3) is 0.192. The van der Waals surface area contributed by atoms with Crippen LogP contribution in [-0.2, 0) is 0 Å². The summed E-state index contributed by atoms with van der Waals surface area (Å²) in [5.74, 6) is 1.01. The van der Waals surface area contributed by atoms with Gasteiger partial charge in [-0.25, -0.2) is 0 Å². The first kappa shape index (κ1) is 23.8. The number of hydrogen-bond acceptors (Lipinski definition) is 4. The van der Waals surface area contributed by atoms with Gasteiger partial charge in [0.25, 0.3) is 5.91 Å². The van der Waals surface area contributed by atoms with E-state index in [0.717, 1.165) is 34.8 Å². The minimum absolute atomic E-state index is 0.137. The van der Waals surface area contributed by atoms with Crippen molar-refractivity contribution in [2.75, 3.05) is 34.3 Å². The summed E-state index contributed by atoms with van der Waals surface area (Å²) in [6.45, 7) is 5.05. The van der Waals surface area contributed by atoms with E-state index in [4.69, 9.17) is 11.6 Å². The molecule has 3 aromatic carbocycles. The van der Waals surface area contributed by atoms with Gasteiger partial charge in [0, 0.05) is 52.6 Å². The van der Waals surface area contributed by atoms with Crippen LogP contribution in [0.15, 0.2) is 78.9 Å². The highest BCUT2D eigenvalue weighted by molar-refractivity contribution is 8.02. The van der Waals surface area contributed by atoms with Crippen LogP contribution in [-0.4, -0.2) is 25.3 Å². The van der Waals surface area contributed by atoms with E-state index in [0.29, 0.717) is 16.3 Å². The molecule has 0 unspecified atom stereocenters. The van der Waals surface area contributed by atoms with Crippen molar-refractivity contribution in [3.05, 3.63) is 89.5 Å². The van der Waals surface area contributed by atoms with E-state index in [1.54, 1.807) is 11.9 Å². The normalized spacial score (nSPS) is 12.6. The Balaban J connectivity index is 0.000000668. The number of allylic oxidation sites excluding steroid dienone is 2. The molecule has 2 N–H and O–H groups in total. The van der Waals surface area contributed by atoms with Crippen molar-refractivity contribution in [2.24, 2.45) is 0 Å². The first-order valence-electron chi connectivity index (χ1n) is 10.5. The van der Waals surface area contributed by atoms with Gasteiger partial charge in [0.1, 0.15) is 0 Å². The maximum absolute atomic E-state index is 12.6. The monoisotopic (exact) mass is 465 g/mol. The SMILES string of the molecule is C/C=C\C.CNc1ccc(-c2cc(NC(=O)c3ccc(N4CCS4)cc3)ccc2Cl)cc1. The third-order valence-corrected chi connectivity index (χ3v) is 6.40. The molecule has 1 heterocycles. The highest BCUT2D eigenvalue weighted by Gasteiger charge is 2.16. The highest BCUT2D eigenvalue weighted by Crippen LogP contribution is 2.32. The average molecular weight is 466 g/mol. The standard InChI is InChI=1S/C22H20ClN3OS.C4H8/c1-24-17-6-2-15(3-7-17)20-14-18(8-11-21(20)23)25-22(27)16-4-9-19(10-5-16)26-12-13-28-26;1-3-4-2/h2-11,14,24H,12-13H2,1H3,(H,25,27);3-4H,1-2H3/b;4-3-. The fourth-order valence-electron chi connectivity index (χ4n) is 3.01. The molecule has 0 spiro atoms. The van der Waals surface area contributed by atoms with Crippen LogP contribution in [0.5, 0.6) is 0 Å². The Morgan fingerprint density at radius 1 is 0.969 bits per heavy atom. The van der Waals surface area contributed by atoms with Gasteiger partial charge in [-0.3, -0.25) is 4.79 Å². The van der Waals surface area contributed by atoms with Crippen molar-refractivity contribution < 1.29 is 4.79 Å². The zero-order chi connectivity index (χ0) is 22.9. The molecule has 1 aliphatic heterocycles. The molecule has 4 nitrogen and oxygen atoms in total. The Morgan fingerprint density at radius 3 is 2.12 bits per heavy atom. The van der Waals surface area contributed by atoms with Crippen LogP contribution in [0.2, 0.25) is 5.02 Å². The number of carbonyl (C=O) groups is 1. The first-order chi connectivity index (χ1) is 15.5. The summed E-state index contributed by atoms with van der Waals surface area (Å²) in [6, 6.07) is 21.2. The predicted molar refractivity (Wildman–Crippen MR) is 141 cm³/mol. The topological polar surface area (TPSA) is 44.4 Å². The zero-order valence-corrected chi connectivity index (χ0v) is 20.1. The quantitative estimate of drug-likeness (QED) is 0.305. The van der Waals surface area contributed by atoms with Gasteiger partial charge in [0.15, 0.2) is 0 Å². The Bertz CT molecular complexity index is 1060. The second-order valence-corrected chi connectivity index (χ2v) is 8.64. The Labute approximate surface area is 199 Å². The summed E-state index contributed by atoms with van der Waals surface area (Å²) < 4.78 is 2.21. The second kappa shape index (κ2) is 11.7. The van der Waals surface area contributed by atoms with Gasteiger partial charge in [-0.1, -0.05) is 35.9 Å². The van der Waals surface area contributed by atoms with Crippen LogP contribution in [0.1, 0.15) is 24.2 Å². The molecule has 1 fully saturated rings. The van der Waals surface area contributed by atoms with E-state index in [1.807, 2.05) is 99.8 Å². The van der Waals surface area contributed by atoms with Gasteiger partial charge >= 0.3 is 0 Å². The molecule has 3 aromatic rings. The number of carbonyl (C=O) groups excluding carboxylic acids is 1. The van der Waals surface area contributed by atoms with Gasteiger partial charge in [-0.2, -0.15) is 0 Å². The van der Waals surface area contributed by atoms with Crippen LogP contribution in [0, 0.1) is 0 Å². The summed E-state index contributed by atoms with van der Waals surface area (Å²) >= 11 is 8.18. The molecular weight excluding hydrogens is 438 g/mol. The number of nitrogens with one attached hydrogen (secondary N) is 2. The fourth-order valence-corrected chi connectivity index (χ4v) is 3.87. The summed E-state index contributed by atoms with van der Waals surface area (Å²) in [5.41, 5.74) is 5.38. The van der Waals surface area contributed by atoms with Crippen LogP contribution in [0.3, 0.4) is 0 Å². The smallest absolute Gasteiger partial charge is 0.255 e. The Hall–Kier alpha value is -2.89. The van der Waals surface area contributed by atoms with Crippen LogP contribution < -0.4 is 14.9 Å². The van der Waals surface area contributed by atoms with E-state index in [-0.39, 0.29) is 5.91 Å². The van der Waals surface area contributed by atoms with Crippen molar-refractivity contribution in [3.8, 4) is 11.1 Å². The Morgan fingerprint density at radius 2 is 1.59 bits per heavy atom. The number of amides is 1. The van der Waals surface area contributed by atoms with E-state index in [2.05, 4.69) is 14.9 Å². The van der Waals surface area contributed by atoms with Gasteiger partial charge in [-0.05, 0) is 86.0 Å². The van der Waals surface area contributed by atoms with Gasteiger partial charge in [0.2, 0.25) is 0 Å². The van der Waals surface area contributed by atoms with Crippen molar-refractivity contribution in [1.29, 1.82) is 0 Å². The lowest BCUT2D eigenvalue weighted by atomic mass is 10.0. The van der Waals surface area contributed by atoms with Gasteiger partial charge in [0.05, 0.1) is 0 Å². The molecule has 0 atom stereocenters. The van der Waals surface area contributed by atoms with Crippen molar-refractivity contribution >= 4 is 46.5 Å². The number of rotatable bonds is 5. The molecule has 0 aromatic heterocycles. The van der Waals surface area contributed by atoms with Crippen molar-refractivity contribution in [2.45, 2.75) is 13.8 Å². The molecule has 1 amide bonds. The number of benzene rings is 3. The summed E-state index contributed by atoms with van der Waals surface area (Å²) in [6.07, 6.45) is 4.00. The lowest BCUT2D eigenvalue weighted by molar-refractivity contribution is 0.102. The summed E-state index contributed by atoms with van der Waals surface area (Å²) in [7, 11) is 1.88. The van der Waals surface area contributed by atoms with E-state index >= 15 is 0 Å². The maximum Gasteiger partial charge on any atom is 0.255 e. The molecule has 4 rings (SSSR count). The largest absolute Gasteiger partial charge is 0.388 e. The lowest BCUT2D eigenvalue weighted by Crippen LogP contribution is -2.28. The lowest BCUT2D eigenvalue weighted by Gasteiger charge is -2.31. The third-order valence-electron chi connectivity index (χ3n) is 5.00. The molecule has 6 heteroatoms. The van der Waals surface area contributed by atoms with Crippen LogP contribution in [0.25, 0.3) is 11.1 Å². The summed E-state index contributed by atoms with van der Waals surface area (Å²) in [4.78, 5) is 12.6. The zero-order valence-electron chi connectivity index (χ0n) is 18.6. The minimum atomic E-state index is -0.137. The molecule has 0 saturated carbocycles. The number of nitrogens with zero attached hydrogens (tertiary/aromatic N) is 1. The molecule has 1 aliphatic rings. The van der Waals surface area contributed by atoms with Crippen molar-refractivity contribution in [3.63, 3.8) is 0 Å². The molecule has 32 heavy (non-hydrogen) atoms. The number of halogens is 1. The number of hydrogen-bond donors (Lipinski definition) is 2. The minimum Gasteiger partial charge on any atom is -0.388 e. The molecule has 0 radical (unpaired) electrons. The van der Waals surface area contributed by atoms with Crippen LogP contribution in [0.4, 0.5) is 17.1 Å². The third kappa shape index (κ3) is 6.09. The molecule has 166 valence electrons. The van der Waals surface area contributed by atoms with Crippen LogP contribution >= 0.6 is 23.5 Å². The number of anilines is 3. The van der Waals surface area contributed by atoms with Crippen molar-refractivity contribution in [1.82, 2.24) is 0 Å². The molecule has 1 saturated heterocycles. The maximum atomic E-state index is 12.6. The van der Waals surface area contributed by atoms with E-state index in [9.17, 15) is 4.79 Å². The highest BCUT2D eigenvalue weighted by atomic mass is 35.5. The molecular formula is C26H28ClN3OS. The predicted octanol–water partition coefficient (Wildman–Crippen LogP) is 7.35. The first-order valence-corrected chi connectivity index (χ1v) is 11.8. The van der Waals surface area contributed by atoms with E-state index < -0.39 is 0 Å². The van der Waals surface area contributed by atoms with Gasteiger partial charge < -0.3 is 14.9 Å². The second-order valence-electron chi connectivity index (χ2n) is 7.12. The molecule has 0 bridgehead atoms. The molecule has 0 aliphatic carbocycles. The Kier molecular flexibility index (Phi) is 8.65. The average Bonchev–Trinajstić information content (AvgIpc) is 2.80. The summed E-state index contributed by atoms with van der Waals surface area (Å²) in [5, 5.41) is 6.71.